The maximum absolute atomic E-state index is 5.77. The molecule has 0 spiro atoms. The molecule has 1 aromatic rings. The van der Waals surface area contributed by atoms with Crippen molar-refractivity contribution in [2.75, 3.05) is 24.7 Å². The first-order valence-electron chi connectivity index (χ1n) is 4.35. The Balaban J connectivity index is 2.84. The summed E-state index contributed by atoms with van der Waals surface area (Å²) >= 11 is 7.36. The molecule has 4 nitrogen and oxygen atoms in total. The minimum absolute atomic E-state index is 0.252. The Labute approximate surface area is 93.1 Å². The molecule has 1 aromatic heterocycles. The number of thioether (sulfide) groups is 1. The van der Waals surface area contributed by atoms with Gasteiger partial charge in [-0.3, -0.25) is 0 Å². The number of nitrogens with zero attached hydrogens (tertiary/aromatic N) is 4. The predicted molar refractivity (Wildman–Crippen MR) is 60.2 cm³/mol. The van der Waals surface area contributed by atoms with E-state index in [9.17, 15) is 0 Å². The van der Waals surface area contributed by atoms with E-state index in [2.05, 4.69) is 21.9 Å². The third kappa shape index (κ3) is 3.31. The van der Waals surface area contributed by atoms with Crippen molar-refractivity contribution in [2.24, 2.45) is 0 Å². The van der Waals surface area contributed by atoms with Gasteiger partial charge < -0.3 is 4.90 Å². The Hall–Kier alpha value is -0.550. The van der Waals surface area contributed by atoms with E-state index in [0.717, 1.165) is 12.2 Å². The summed E-state index contributed by atoms with van der Waals surface area (Å²) in [7, 11) is 3.75. The molecule has 0 atom stereocenters. The zero-order valence-electron chi connectivity index (χ0n) is 8.49. The molecule has 0 amide bonds. The fourth-order valence-electron chi connectivity index (χ4n) is 0.780. The first kappa shape index (κ1) is 11.5. The summed E-state index contributed by atoms with van der Waals surface area (Å²) in [5, 5.41) is 0.942. The van der Waals surface area contributed by atoms with Gasteiger partial charge in [0, 0.05) is 19.8 Å². The summed E-state index contributed by atoms with van der Waals surface area (Å²) in [5.41, 5.74) is 0. The van der Waals surface area contributed by atoms with Gasteiger partial charge in [0.05, 0.1) is 0 Å². The Kier molecular flexibility index (Phi) is 4.41. The van der Waals surface area contributed by atoms with Crippen LogP contribution in [0.15, 0.2) is 5.16 Å². The Morgan fingerprint density at radius 1 is 1.29 bits per heavy atom. The normalized spacial score (nSPS) is 10.3. The van der Waals surface area contributed by atoms with Crippen LogP contribution in [0.3, 0.4) is 0 Å². The van der Waals surface area contributed by atoms with Crippen LogP contribution in [0.5, 0.6) is 0 Å². The minimum atomic E-state index is 0.252. The second kappa shape index (κ2) is 5.36. The highest BCUT2D eigenvalue weighted by Crippen LogP contribution is 2.17. The third-order valence-corrected chi connectivity index (χ3v) is 2.63. The van der Waals surface area contributed by atoms with Crippen LogP contribution < -0.4 is 4.90 Å². The van der Waals surface area contributed by atoms with Gasteiger partial charge in [-0.25, -0.2) is 0 Å². The molecule has 0 fully saturated rings. The van der Waals surface area contributed by atoms with Gasteiger partial charge >= 0.3 is 0 Å². The average molecular weight is 233 g/mol. The van der Waals surface area contributed by atoms with Crippen molar-refractivity contribution in [3.63, 3.8) is 0 Å². The highest BCUT2D eigenvalue weighted by atomic mass is 35.5. The average Bonchev–Trinajstić information content (AvgIpc) is 2.14. The number of hydrogen-bond acceptors (Lipinski definition) is 5. The van der Waals surface area contributed by atoms with Gasteiger partial charge in [0.15, 0.2) is 5.16 Å². The lowest BCUT2D eigenvalue weighted by molar-refractivity contribution is 0.864. The van der Waals surface area contributed by atoms with Crippen LogP contribution in [0.4, 0.5) is 5.95 Å². The Morgan fingerprint density at radius 2 is 2.00 bits per heavy atom. The van der Waals surface area contributed by atoms with Gasteiger partial charge in [0.2, 0.25) is 11.2 Å². The van der Waals surface area contributed by atoms with Gasteiger partial charge in [-0.2, -0.15) is 15.0 Å². The predicted octanol–water partition coefficient (Wildman–Crippen LogP) is 2.09. The molecule has 14 heavy (non-hydrogen) atoms. The maximum Gasteiger partial charge on any atom is 0.230 e. The standard InChI is InChI=1S/C8H13ClN4S/c1-4-5-14-8-11-6(9)10-7(12-8)13(2)3/h4-5H2,1-3H3. The monoisotopic (exact) mass is 232 g/mol. The van der Waals surface area contributed by atoms with Crippen molar-refractivity contribution in [1.82, 2.24) is 15.0 Å². The molecule has 0 aliphatic heterocycles. The fraction of sp³-hybridized carbons (Fsp3) is 0.625. The molecule has 6 heteroatoms. The number of rotatable bonds is 4. The third-order valence-electron chi connectivity index (χ3n) is 1.41. The highest BCUT2D eigenvalue weighted by molar-refractivity contribution is 7.99. The van der Waals surface area contributed by atoms with Crippen LogP contribution in [-0.2, 0) is 0 Å². The lowest BCUT2D eigenvalue weighted by atomic mass is 10.6. The molecule has 0 aromatic carbocycles. The molecule has 0 aliphatic rings. The van der Waals surface area contributed by atoms with E-state index in [4.69, 9.17) is 11.6 Å². The zero-order chi connectivity index (χ0) is 10.6. The number of anilines is 1. The molecule has 0 bridgehead atoms. The molecule has 0 radical (unpaired) electrons. The van der Waals surface area contributed by atoms with Gasteiger partial charge in [-0.05, 0) is 18.0 Å². The van der Waals surface area contributed by atoms with Gasteiger partial charge in [0.1, 0.15) is 0 Å². The van der Waals surface area contributed by atoms with Crippen LogP contribution in [0, 0.1) is 0 Å². The van der Waals surface area contributed by atoms with E-state index in [0.29, 0.717) is 11.1 Å². The summed E-state index contributed by atoms with van der Waals surface area (Å²) in [6, 6.07) is 0. The molecular weight excluding hydrogens is 220 g/mol. The van der Waals surface area contributed by atoms with E-state index in [1.807, 2.05) is 19.0 Å². The Bertz CT molecular complexity index is 305. The fourth-order valence-corrected chi connectivity index (χ4v) is 1.67. The summed E-state index contributed by atoms with van der Waals surface area (Å²) in [5.74, 6) is 1.59. The van der Waals surface area contributed by atoms with Crippen molar-refractivity contribution in [1.29, 1.82) is 0 Å². The first-order valence-corrected chi connectivity index (χ1v) is 5.71. The Morgan fingerprint density at radius 3 is 2.57 bits per heavy atom. The zero-order valence-corrected chi connectivity index (χ0v) is 10.1. The number of aromatic nitrogens is 3. The SMILES string of the molecule is CCCSc1nc(Cl)nc(N(C)C)n1. The lowest BCUT2D eigenvalue weighted by Gasteiger charge is -2.10. The van der Waals surface area contributed by atoms with Crippen molar-refractivity contribution >= 4 is 29.3 Å². The van der Waals surface area contributed by atoms with Crippen LogP contribution in [0.1, 0.15) is 13.3 Å². The second-order valence-corrected chi connectivity index (χ2v) is 4.33. The second-order valence-electron chi connectivity index (χ2n) is 2.93. The molecule has 0 aliphatic carbocycles. The van der Waals surface area contributed by atoms with Crippen molar-refractivity contribution in [2.45, 2.75) is 18.5 Å². The maximum atomic E-state index is 5.77. The van der Waals surface area contributed by atoms with Crippen LogP contribution in [0.25, 0.3) is 0 Å². The van der Waals surface area contributed by atoms with Crippen molar-refractivity contribution in [3.8, 4) is 0 Å². The van der Waals surface area contributed by atoms with E-state index in [1.165, 1.54) is 0 Å². The molecule has 0 saturated carbocycles. The molecule has 1 rings (SSSR count). The van der Waals surface area contributed by atoms with Gasteiger partial charge in [-0.1, -0.05) is 18.7 Å². The lowest BCUT2D eigenvalue weighted by Crippen LogP contribution is -2.13. The van der Waals surface area contributed by atoms with Crippen LogP contribution >= 0.6 is 23.4 Å². The van der Waals surface area contributed by atoms with Crippen LogP contribution in [-0.4, -0.2) is 34.8 Å². The van der Waals surface area contributed by atoms with Crippen LogP contribution in [0.2, 0.25) is 5.28 Å². The number of hydrogen-bond donors (Lipinski definition) is 0. The molecule has 0 N–H and O–H groups in total. The molecule has 1 heterocycles. The van der Waals surface area contributed by atoms with Crippen molar-refractivity contribution in [3.05, 3.63) is 5.28 Å². The first-order chi connectivity index (χ1) is 6.63. The van der Waals surface area contributed by atoms with E-state index in [-0.39, 0.29) is 5.28 Å². The van der Waals surface area contributed by atoms with Gasteiger partial charge in [-0.15, -0.1) is 0 Å². The smallest absolute Gasteiger partial charge is 0.230 e. The molecule has 78 valence electrons. The molecule has 0 saturated heterocycles. The highest BCUT2D eigenvalue weighted by Gasteiger charge is 2.06. The minimum Gasteiger partial charge on any atom is -0.347 e. The van der Waals surface area contributed by atoms with Crippen molar-refractivity contribution < 1.29 is 0 Å². The van der Waals surface area contributed by atoms with Gasteiger partial charge in [0.25, 0.3) is 0 Å². The largest absolute Gasteiger partial charge is 0.347 e. The topological polar surface area (TPSA) is 41.9 Å². The van der Waals surface area contributed by atoms with E-state index >= 15 is 0 Å². The van der Waals surface area contributed by atoms with E-state index in [1.54, 1.807) is 11.8 Å². The molecular formula is C8H13ClN4S. The summed E-state index contributed by atoms with van der Waals surface area (Å²) in [6.45, 7) is 2.11. The van der Waals surface area contributed by atoms with E-state index < -0.39 is 0 Å². The summed E-state index contributed by atoms with van der Waals surface area (Å²) in [4.78, 5) is 14.1. The number of halogens is 1. The summed E-state index contributed by atoms with van der Waals surface area (Å²) < 4.78 is 0. The molecule has 0 unspecified atom stereocenters. The summed E-state index contributed by atoms with van der Waals surface area (Å²) in [6.07, 6.45) is 1.09. The quantitative estimate of drug-likeness (QED) is 0.744.